The Hall–Kier alpha value is -1.47. The van der Waals surface area contributed by atoms with Crippen LogP contribution in [0.25, 0.3) is 0 Å². The molecule has 1 aromatic rings. The molecular formula is C17H21NO5. The third-order valence-electron chi connectivity index (χ3n) is 5.60. The van der Waals surface area contributed by atoms with Crippen LogP contribution in [0.15, 0.2) is 30.3 Å². The van der Waals surface area contributed by atoms with Crippen molar-refractivity contribution in [2.75, 3.05) is 13.7 Å². The Morgan fingerprint density at radius 1 is 1.35 bits per heavy atom. The fraction of sp³-hybridized carbons (Fsp3) is 0.588. The van der Waals surface area contributed by atoms with E-state index < -0.39 is 11.9 Å². The summed E-state index contributed by atoms with van der Waals surface area (Å²) >= 11 is 0. The number of piperidine rings is 1. The summed E-state index contributed by atoms with van der Waals surface area (Å²) in [5.41, 5.74) is 0.745. The number of carbonyl (C=O) groups is 1. The fourth-order valence-electron chi connectivity index (χ4n) is 4.25. The molecule has 0 aliphatic carbocycles. The summed E-state index contributed by atoms with van der Waals surface area (Å²) in [5, 5.41) is 22.2. The normalized spacial score (nSPS) is 42.0. The van der Waals surface area contributed by atoms with Crippen LogP contribution in [-0.4, -0.2) is 59.8 Å². The van der Waals surface area contributed by atoms with Gasteiger partial charge in [-0.25, -0.2) is 0 Å². The second kappa shape index (κ2) is 5.27. The molecule has 2 bridgehead atoms. The van der Waals surface area contributed by atoms with E-state index in [1.165, 1.54) is 0 Å². The van der Waals surface area contributed by atoms with Gasteiger partial charge in [0.05, 0.1) is 13.7 Å². The van der Waals surface area contributed by atoms with Crippen molar-refractivity contribution in [3.05, 3.63) is 41.1 Å². The Morgan fingerprint density at radius 2 is 1.96 bits per heavy atom. The molecule has 6 heteroatoms. The largest absolute Gasteiger partial charge is 0.632 e. The van der Waals surface area contributed by atoms with Crippen LogP contribution in [0, 0.1) is 5.21 Å². The number of fused-ring (bicyclic) bond motifs is 5. The predicted octanol–water partition coefficient (Wildman–Crippen LogP) is 0.931. The van der Waals surface area contributed by atoms with Gasteiger partial charge in [-0.1, -0.05) is 30.3 Å². The molecule has 23 heavy (non-hydrogen) atoms. The van der Waals surface area contributed by atoms with Gasteiger partial charge in [0.25, 0.3) is 0 Å². The number of hydrogen-bond donors (Lipinski definition) is 1. The van der Waals surface area contributed by atoms with Gasteiger partial charge in [0.2, 0.25) is 0 Å². The number of hydroxylamine groups is 3. The molecule has 1 aromatic carbocycles. The quantitative estimate of drug-likeness (QED) is 0.386. The number of nitrogens with zero attached hydrogens (tertiary/aromatic N) is 1. The lowest BCUT2D eigenvalue weighted by Gasteiger charge is -2.51. The minimum atomic E-state index is -0.672. The zero-order valence-corrected chi connectivity index (χ0v) is 13.0. The first-order valence-electron chi connectivity index (χ1n) is 8.11. The van der Waals surface area contributed by atoms with Gasteiger partial charge in [0, 0.05) is 12.8 Å². The van der Waals surface area contributed by atoms with Gasteiger partial charge in [-0.3, -0.25) is 4.79 Å². The smallest absolute Gasteiger partial charge is 0.316 e. The highest BCUT2D eigenvalue weighted by Gasteiger charge is 2.69. The molecule has 1 N–H and O–H groups in total. The molecule has 3 aliphatic rings. The van der Waals surface area contributed by atoms with Crippen LogP contribution in [0.2, 0.25) is 0 Å². The molecule has 3 fully saturated rings. The molecule has 3 heterocycles. The van der Waals surface area contributed by atoms with Crippen LogP contribution in [0.3, 0.4) is 0 Å². The lowest BCUT2D eigenvalue weighted by atomic mass is 9.97. The summed E-state index contributed by atoms with van der Waals surface area (Å²) in [4.78, 5) is 12.4. The van der Waals surface area contributed by atoms with Gasteiger partial charge in [0.15, 0.2) is 0 Å². The van der Waals surface area contributed by atoms with E-state index in [2.05, 4.69) is 0 Å². The van der Waals surface area contributed by atoms with Crippen molar-refractivity contribution in [2.24, 2.45) is 0 Å². The van der Waals surface area contributed by atoms with Crippen LogP contribution in [0.4, 0.5) is 0 Å². The second-order valence-electron chi connectivity index (χ2n) is 6.94. The van der Waals surface area contributed by atoms with E-state index in [-0.39, 0.29) is 41.6 Å². The number of aliphatic hydroxyl groups is 1. The minimum absolute atomic E-state index is 0.0361. The van der Waals surface area contributed by atoms with Gasteiger partial charge in [-0.15, -0.1) is 0 Å². The highest BCUT2D eigenvalue weighted by molar-refractivity contribution is 5.78. The zero-order chi connectivity index (χ0) is 16.2. The molecule has 3 saturated heterocycles. The van der Waals surface area contributed by atoms with Crippen molar-refractivity contribution < 1.29 is 24.0 Å². The Kier molecular flexibility index (Phi) is 3.46. The Morgan fingerprint density at radius 3 is 2.52 bits per heavy atom. The number of benzene rings is 1. The molecule has 0 saturated carbocycles. The lowest BCUT2D eigenvalue weighted by Crippen LogP contribution is -2.58. The van der Waals surface area contributed by atoms with E-state index in [9.17, 15) is 15.1 Å². The van der Waals surface area contributed by atoms with Gasteiger partial charge in [-0.05, 0) is 5.56 Å². The Bertz CT molecular complexity index is 584. The maximum absolute atomic E-state index is 12.6. The number of carbonyl (C=O) groups excluding carboxylic acids is 1. The first-order chi connectivity index (χ1) is 11.0. The Labute approximate surface area is 134 Å². The van der Waals surface area contributed by atoms with Crippen molar-refractivity contribution >= 4 is 5.97 Å². The predicted molar refractivity (Wildman–Crippen MR) is 81.2 cm³/mol. The Balaban J connectivity index is 1.44. The monoisotopic (exact) mass is 319 g/mol. The number of likely N-dealkylation sites (N-methyl/N-ethyl adjacent to an activating group) is 1. The summed E-state index contributed by atoms with van der Waals surface area (Å²) in [5.74, 6) is -1.09. The molecule has 0 amide bonds. The summed E-state index contributed by atoms with van der Waals surface area (Å²) < 4.78 is 10.9. The number of aliphatic hydroxyl groups excluding tert-OH is 1. The fourth-order valence-corrected chi connectivity index (χ4v) is 4.25. The molecule has 0 aromatic heterocycles. The standard InChI is InChI=1S/C17H21NO5/c1-18(21)13-7-11(8-14(18)16-15(13)23-16)22-17(20)12(9-19)10-5-3-2-4-6-10/h2-6,11-16,19H,7-9H2,1H3/t11?,12-,13-,14+,15?,16?,18?/m1/s1. The third-order valence-corrected chi connectivity index (χ3v) is 5.60. The number of hydrogen-bond acceptors (Lipinski definition) is 5. The van der Waals surface area contributed by atoms with Crippen molar-refractivity contribution in [3.63, 3.8) is 0 Å². The van der Waals surface area contributed by atoms with E-state index in [0.717, 1.165) is 5.56 Å². The molecule has 3 aliphatic heterocycles. The van der Waals surface area contributed by atoms with E-state index in [1.54, 1.807) is 19.2 Å². The van der Waals surface area contributed by atoms with Crippen LogP contribution in [0.1, 0.15) is 24.3 Å². The van der Waals surface area contributed by atoms with Crippen molar-refractivity contribution in [1.82, 2.24) is 0 Å². The van der Waals surface area contributed by atoms with Crippen molar-refractivity contribution in [2.45, 2.75) is 49.2 Å². The SMILES string of the molecule is C[N+]1([O-])[C@@H]2CC(OC(=O)[C@H](CO)c3ccccc3)C[C@H]1C1OC12. The van der Waals surface area contributed by atoms with Gasteiger partial charge < -0.3 is 24.4 Å². The average molecular weight is 319 g/mol. The van der Waals surface area contributed by atoms with Gasteiger partial charge in [-0.2, -0.15) is 0 Å². The highest BCUT2D eigenvalue weighted by atomic mass is 16.6. The van der Waals surface area contributed by atoms with E-state index >= 15 is 0 Å². The number of epoxide rings is 1. The molecule has 0 spiro atoms. The minimum Gasteiger partial charge on any atom is -0.632 e. The molecule has 0 radical (unpaired) electrons. The molecule has 4 rings (SSSR count). The van der Waals surface area contributed by atoms with Gasteiger partial charge in [0.1, 0.15) is 36.3 Å². The number of rotatable bonds is 4. The summed E-state index contributed by atoms with van der Waals surface area (Å²) in [6.07, 6.45) is 0.891. The molecule has 6 nitrogen and oxygen atoms in total. The van der Waals surface area contributed by atoms with E-state index in [1.807, 2.05) is 18.2 Å². The third kappa shape index (κ3) is 2.37. The van der Waals surface area contributed by atoms with Crippen LogP contribution < -0.4 is 0 Å². The number of quaternary nitrogens is 1. The van der Waals surface area contributed by atoms with Gasteiger partial charge >= 0.3 is 5.97 Å². The second-order valence-corrected chi connectivity index (χ2v) is 6.94. The highest BCUT2D eigenvalue weighted by Crippen LogP contribution is 2.52. The summed E-state index contributed by atoms with van der Waals surface area (Å²) in [7, 11) is 1.70. The number of morpholine rings is 1. The first-order valence-corrected chi connectivity index (χ1v) is 8.11. The topological polar surface area (TPSA) is 82.1 Å². The van der Waals surface area contributed by atoms with E-state index in [4.69, 9.17) is 9.47 Å². The number of esters is 1. The maximum atomic E-state index is 12.6. The van der Waals surface area contributed by atoms with Crippen molar-refractivity contribution in [1.29, 1.82) is 0 Å². The summed E-state index contributed by atoms with van der Waals surface area (Å²) in [6.45, 7) is -0.286. The molecule has 4 unspecified atom stereocenters. The van der Waals surface area contributed by atoms with Crippen LogP contribution in [-0.2, 0) is 14.3 Å². The first kappa shape index (κ1) is 15.1. The van der Waals surface area contributed by atoms with Crippen LogP contribution >= 0.6 is 0 Å². The summed E-state index contributed by atoms with van der Waals surface area (Å²) in [6, 6.07) is 8.86. The van der Waals surface area contributed by atoms with E-state index in [0.29, 0.717) is 12.8 Å². The zero-order valence-electron chi connectivity index (χ0n) is 13.0. The average Bonchev–Trinajstić information content (AvgIpc) is 3.27. The molecule has 7 atom stereocenters. The van der Waals surface area contributed by atoms with Crippen LogP contribution in [0.5, 0.6) is 0 Å². The maximum Gasteiger partial charge on any atom is 0.316 e. The lowest BCUT2D eigenvalue weighted by molar-refractivity contribution is -0.911. The molecule has 124 valence electrons. The molecular weight excluding hydrogens is 298 g/mol. The van der Waals surface area contributed by atoms with Crippen molar-refractivity contribution in [3.8, 4) is 0 Å². The number of ether oxygens (including phenoxy) is 2.